The first-order valence-electron chi connectivity index (χ1n) is 6.33. The second kappa shape index (κ2) is 5.70. The van der Waals surface area contributed by atoms with Gasteiger partial charge in [0.2, 0.25) is 0 Å². The molecule has 1 heterocycles. The fourth-order valence-electron chi connectivity index (χ4n) is 2.24. The second-order valence-corrected chi connectivity index (χ2v) is 7.16. The third-order valence-corrected chi connectivity index (χ3v) is 5.22. The van der Waals surface area contributed by atoms with Crippen LogP contribution in [0.3, 0.4) is 0 Å². The second-order valence-electron chi connectivity index (χ2n) is 4.93. The smallest absolute Gasteiger partial charge is 0.253 e. The van der Waals surface area contributed by atoms with Gasteiger partial charge in [0.25, 0.3) is 5.91 Å². The van der Waals surface area contributed by atoms with Crippen LogP contribution in [-0.4, -0.2) is 39.5 Å². The van der Waals surface area contributed by atoms with Crippen molar-refractivity contribution in [1.29, 1.82) is 0 Å². The van der Waals surface area contributed by atoms with Crippen LogP contribution in [0.25, 0.3) is 0 Å². The van der Waals surface area contributed by atoms with Gasteiger partial charge in [-0.05, 0) is 24.5 Å². The van der Waals surface area contributed by atoms with Crippen molar-refractivity contribution in [2.24, 2.45) is 5.92 Å². The molecule has 1 aliphatic heterocycles. The van der Waals surface area contributed by atoms with Gasteiger partial charge in [-0.25, -0.2) is 8.42 Å². The minimum absolute atomic E-state index is 0.0107. The topological polar surface area (TPSA) is 98.5 Å². The number of nitrogens with one attached hydrogen (secondary N) is 1. The summed E-state index contributed by atoms with van der Waals surface area (Å²) in [5.74, 6) is 0.627. The van der Waals surface area contributed by atoms with E-state index in [4.69, 9.17) is 10.5 Å². The molecule has 1 aromatic rings. The van der Waals surface area contributed by atoms with E-state index in [1.165, 1.54) is 7.11 Å². The molecular weight excluding hydrogens is 280 g/mol. The summed E-state index contributed by atoms with van der Waals surface area (Å²) < 4.78 is 27.7. The van der Waals surface area contributed by atoms with E-state index in [0.717, 1.165) is 0 Å². The zero-order valence-corrected chi connectivity index (χ0v) is 12.1. The lowest BCUT2D eigenvalue weighted by molar-refractivity contribution is 0.0949. The summed E-state index contributed by atoms with van der Waals surface area (Å²) in [5.41, 5.74) is 6.49. The van der Waals surface area contributed by atoms with E-state index in [-0.39, 0.29) is 23.3 Å². The van der Waals surface area contributed by atoms with Gasteiger partial charge in [-0.2, -0.15) is 0 Å². The van der Waals surface area contributed by atoms with Crippen molar-refractivity contribution in [1.82, 2.24) is 5.32 Å². The predicted octanol–water partition coefficient (Wildman–Crippen LogP) is 0.442. The molecule has 0 aromatic heterocycles. The number of hydrogen-bond donors (Lipinski definition) is 2. The van der Waals surface area contributed by atoms with Crippen LogP contribution in [0.4, 0.5) is 5.69 Å². The molecule has 0 bridgehead atoms. The van der Waals surface area contributed by atoms with Gasteiger partial charge in [-0.15, -0.1) is 0 Å². The quantitative estimate of drug-likeness (QED) is 0.786. The standard InChI is InChI=1S/C13H18N2O4S/c1-19-10-2-3-11(12(14)6-10)13(16)15-7-9-4-5-20(17,18)8-9/h2-3,6,9H,4-5,7-8,14H2,1H3,(H,15,16). The molecule has 1 unspecified atom stereocenters. The fourth-order valence-corrected chi connectivity index (χ4v) is 4.10. The van der Waals surface area contributed by atoms with Crippen LogP contribution < -0.4 is 15.8 Å². The van der Waals surface area contributed by atoms with Crippen molar-refractivity contribution >= 4 is 21.4 Å². The Bertz CT molecular complexity index is 613. The molecule has 1 atom stereocenters. The molecule has 2 rings (SSSR count). The number of nitrogens with two attached hydrogens (primary N) is 1. The number of amides is 1. The van der Waals surface area contributed by atoms with Crippen molar-refractivity contribution in [2.75, 3.05) is 30.9 Å². The van der Waals surface area contributed by atoms with Crippen LogP contribution in [0.15, 0.2) is 18.2 Å². The van der Waals surface area contributed by atoms with E-state index in [1.807, 2.05) is 0 Å². The number of hydrogen-bond acceptors (Lipinski definition) is 5. The largest absolute Gasteiger partial charge is 0.497 e. The summed E-state index contributed by atoms with van der Waals surface area (Å²) in [6.07, 6.45) is 0.598. The molecular formula is C13H18N2O4S. The number of carbonyl (C=O) groups excluding carboxylic acids is 1. The van der Waals surface area contributed by atoms with E-state index in [2.05, 4.69) is 5.32 Å². The number of nitrogen functional groups attached to an aromatic ring is 1. The van der Waals surface area contributed by atoms with Crippen LogP contribution in [0.5, 0.6) is 5.75 Å². The fraction of sp³-hybridized carbons (Fsp3) is 0.462. The van der Waals surface area contributed by atoms with Gasteiger partial charge in [-0.3, -0.25) is 4.79 Å². The van der Waals surface area contributed by atoms with Crippen LogP contribution in [-0.2, 0) is 9.84 Å². The Morgan fingerprint density at radius 1 is 1.50 bits per heavy atom. The molecule has 0 aliphatic carbocycles. The third kappa shape index (κ3) is 3.41. The minimum Gasteiger partial charge on any atom is -0.497 e. The van der Waals surface area contributed by atoms with Crippen molar-refractivity contribution in [3.63, 3.8) is 0 Å². The lowest BCUT2D eigenvalue weighted by Crippen LogP contribution is -2.30. The summed E-state index contributed by atoms with van der Waals surface area (Å²) in [7, 11) is -1.39. The van der Waals surface area contributed by atoms with E-state index >= 15 is 0 Å². The summed E-state index contributed by atoms with van der Waals surface area (Å²) in [4.78, 5) is 12.0. The molecule has 0 radical (unpaired) electrons. The molecule has 0 spiro atoms. The lowest BCUT2D eigenvalue weighted by Gasteiger charge is -2.11. The number of benzene rings is 1. The van der Waals surface area contributed by atoms with E-state index in [1.54, 1.807) is 18.2 Å². The number of carbonyl (C=O) groups is 1. The molecule has 110 valence electrons. The van der Waals surface area contributed by atoms with Crippen LogP contribution >= 0.6 is 0 Å². The lowest BCUT2D eigenvalue weighted by atomic mass is 10.1. The normalized spacial score (nSPS) is 20.6. The molecule has 1 fully saturated rings. The molecule has 6 nitrogen and oxygen atoms in total. The first kappa shape index (κ1) is 14.6. The zero-order chi connectivity index (χ0) is 14.8. The van der Waals surface area contributed by atoms with Gasteiger partial charge in [-0.1, -0.05) is 0 Å². The number of sulfone groups is 1. The van der Waals surface area contributed by atoms with Crippen LogP contribution in [0, 0.1) is 5.92 Å². The number of methoxy groups -OCH3 is 1. The Hall–Kier alpha value is -1.76. The van der Waals surface area contributed by atoms with Crippen molar-refractivity contribution in [2.45, 2.75) is 6.42 Å². The molecule has 1 saturated heterocycles. The van der Waals surface area contributed by atoms with Gasteiger partial charge in [0.15, 0.2) is 9.84 Å². The average Bonchev–Trinajstić information content (AvgIpc) is 2.75. The monoisotopic (exact) mass is 298 g/mol. The number of ether oxygens (including phenoxy) is 1. The third-order valence-electron chi connectivity index (χ3n) is 3.38. The van der Waals surface area contributed by atoms with Crippen molar-refractivity contribution in [3.8, 4) is 5.75 Å². The Morgan fingerprint density at radius 2 is 2.25 bits per heavy atom. The molecule has 20 heavy (non-hydrogen) atoms. The SMILES string of the molecule is COc1ccc(C(=O)NCC2CCS(=O)(=O)C2)c(N)c1. The highest BCUT2D eigenvalue weighted by atomic mass is 32.2. The summed E-state index contributed by atoms with van der Waals surface area (Å²) in [6.45, 7) is 0.351. The molecule has 3 N–H and O–H groups in total. The molecule has 7 heteroatoms. The van der Waals surface area contributed by atoms with Crippen molar-refractivity contribution < 1.29 is 17.9 Å². The Morgan fingerprint density at radius 3 is 2.80 bits per heavy atom. The highest BCUT2D eigenvalue weighted by Gasteiger charge is 2.28. The maximum absolute atomic E-state index is 12.0. The summed E-state index contributed by atoms with van der Waals surface area (Å²) in [6, 6.07) is 4.83. The Labute approximate surface area is 118 Å². The molecule has 1 aromatic carbocycles. The highest BCUT2D eigenvalue weighted by molar-refractivity contribution is 7.91. The summed E-state index contributed by atoms with van der Waals surface area (Å²) >= 11 is 0. The number of rotatable bonds is 4. The van der Waals surface area contributed by atoms with E-state index in [9.17, 15) is 13.2 Å². The van der Waals surface area contributed by atoms with Gasteiger partial charge >= 0.3 is 0 Å². The predicted molar refractivity (Wildman–Crippen MR) is 76.5 cm³/mol. The maximum atomic E-state index is 12.0. The Balaban J connectivity index is 1.95. The highest BCUT2D eigenvalue weighted by Crippen LogP contribution is 2.20. The van der Waals surface area contributed by atoms with Crippen LogP contribution in [0.2, 0.25) is 0 Å². The van der Waals surface area contributed by atoms with Crippen LogP contribution in [0.1, 0.15) is 16.8 Å². The first-order valence-corrected chi connectivity index (χ1v) is 8.15. The van der Waals surface area contributed by atoms with E-state index in [0.29, 0.717) is 30.0 Å². The molecule has 1 aliphatic rings. The molecule has 0 saturated carbocycles. The molecule has 1 amide bonds. The maximum Gasteiger partial charge on any atom is 0.253 e. The van der Waals surface area contributed by atoms with E-state index < -0.39 is 9.84 Å². The zero-order valence-electron chi connectivity index (χ0n) is 11.3. The van der Waals surface area contributed by atoms with Gasteiger partial charge in [0.1, 0.15) is 5.75 Å². The number of anilines is 1. The summed E-state index contributed by atoms with van der Waals surface area (Å²) in [5, 5.41) is 2.73. The van der Waals surface area contributed by atoms with Gasteiger partial charge in [0.05, 0.1) is 24.2 Å². The first-order chi connectivity index (χ1) is 9.41. The average molecular weight is 298 g/mol. The van der Waals surface area contributed by atoms with Gasteiger partial charge in [0, 0.05) is 18.3 Å². The minimum atomic E-state index is -2.92. The Kier molecular flexibility index (Phi) is 4.17. The van der Waals surface area contributed by atoms with Gasteiger partial charge < -0.3 is 15.8 Å². The van der Waals surface area contributed by atoms with Crippen molar-refractivity contribution in [3.05, 3.63) is 23.8 Å².